The van der Waals surface area contributed by atoms with E-state index in [0.717, 1.165) is 73.8 Å². The maximum Gasteiger partial charge on any atom is 0.158 e. The number of H-pyrrole nitrogens is 1. The molecule has 2 fully saturated rings. The summed E-state index contributed by atoms with van der Waals surface area (Å²) in [7, 11) is 0. The van der Waals surface area contributed by atoms with Gasteiger partial charge in [0.15, 0.2) is 5.65 Å². The molecule has 0 spiro atoms. The van der Waals surface area contributed by atoms with Gasteiger partial charge in [0.05, 0.1) is 18.8 Å². The number of nitrogens with zero attached hydrogens (tertiary/aromatic N) is 4. The van der Waals surface area contributed by atoms with Crippen LogP contribution in [0.3, 0.4) is 0 Å². The number of fused-ring (bicyclic) bond motifs is 1. The summed E-state index contributed by atoms with van der Waals surface area (Å²) in [5.41, 5.74) is 6.03. The quantitative estimate of drug-likeness (QED) is 0.462. The largest absolute Gasteiger partial charge is 0.488 e. The number of aromatic amines is 1. The molecule has 4 heterocycles. The fraction of sp³-hybridized carbons (Fsp3) is 0.296. The average Bonchev–Trinajstić information content (AvgIpc) is 3.59. The third-order valence-electron chi connectivity index (χ3n) is 6.62. The molecular formula is C27H26N6O2. The summed E-state index contributed by atoms with van der Waals surface area (Å²) in [5.74, 6) is 1.39. The molecule has 176 valence electrons. The number of morpholine rings is 1. The van der Waals surface area contributed by atoms with Crippen LogP contribution in [0.25, 0.3) is 33.7 Å². The van der Waals surface area contributed by atoms with E-state index in [4.69, 9.17) is 14.5 Å². The molecule has 8 nitrogen and oxygen atoms in total. The number of aromatic nitrogens is 3. The van der Waals surface area contributed by atoms with E-state index in [1.54, 1.807) is 6.20 Å². The molecule has 35 heavy (non-hydrogen) atoms. The van der Waals surface area contributed by atoms with Crippen LogP contribution in [0.1, 0.15) is 12.0 Å². The summed E-state index contributed by atoms with van der Waals surface area (Å²) >= 11 is 0. The van der Waals surface area contributed by atoms with Crippen LogP contribution in [0.2, 0.25) is 0 Å². The van der Waals surface area contributed by atoms with E-state index in [9.17, 15) is 5.26 Å². The highest BCUT2D eigenvalue weighted by molar-refractivity contribution is 5.91. The molecule has 1 unspecified atom stereocenters. The third-order valence-corrected chi connectivity index (χ3v) is 6.62. The first-order valence-electron chi connectivity index (χ1n) is 12.0. The molecule has 1 atom stereocenters. The van der Waals surface area contributed by atoms with Crippen molar-refractivity contribution >= 4 is 16.9 Å². The van der Waals surface area contributed by atoms with Gasteiger partial charge in [-0.1, -0.05) is 6.07 Å². The summed E-state index contributed by atoms with van der Waals surface area (Å²) < 4.78 is 11.5. The number of imidazole rings is 1. The van der Waals surface area contributed by atoms with Crippen molar-refractivity contribution in [3.63, 3.8) is 0 Å². The molecule has 0 aliphatic carbocycles. The maximum atomic E-state index is 9.76. The van der Waals surface area contributed by atoms with E-state index in [1.807, 2.05) is 24.3 Å². The Kier molecular flexibility index (Phi) is 5.78. The first-order chi connectivity index (χ1) is 17.3. The van der Waals surface area contributed by atoms with Gasteiger partial charge in [-0.25, -0.2) is 9.97 Å². The van der Waals surface area contributed by atoms with Gasteiger partial charge < -0.3 is 24.7 Å². The number of hydrogen-bond acceptors (Lipinski definition) is 7. The SMILES string of the molecule is N#Cc1cc(-c2ccnc3[nH]c(-c4ccc(N5CCOCC5)cc4)nc23)ccc1OC1CCNC1. The van der Waals surface area contributed by atoms with E-state index in [0.29, 0.717) is 17.0 Å². The number of pyridine rings is 1. The Labute approximate surface area is 203 Å². The molecular weight excluding hydrogens is 440 g/mol. The molecule has 8 heteroatoms. The average molecular weight is 467 g/mol. The van der Waals surface area contributed by atoms with Crippen LogP contribution < -0.4 is 15.0 Å². The van der Waals surface area contributed by atoms with Gasteiger partial charge in [-0.2, -0.15) is 5.26 Å². The predicted molar refractivity (Wildman–Crippen MR) is 134 cm³/mol. The predicted octanol–water partition coefficient (Wildman–Crippen LogP) is 3.74. The lowest BCUT2D eigenvalue weighted by Crippen LogP contribution is -2.36. The van der Waals surface area contributed by atoms with E-state index in [1.165, 1.54) is 5.69 Å². The lowest BCUT2D eigenvalue weighted by molar-refractivity contribution is 0.122. The first kappa shape index (κ1) is 21.6. The number of nitriles is 1. The van der Waals surface area contributed by atoms with Crippen molar-refractivity contribution in [2.75, 3.05) is 44.3 Å². The molecule has 2 saturated heterocycles. The van der Waals surface area contributed by atoms with Gasteiger partial charge in [0, 0.05) is 42.6 Å². The zero-order chi connectivity index (χ0) is 23.6. The van der Waals surface area contributed by atoms with E-state index >= 15 is 0 Å². The van der Waals surface area contributed by atoms with Crippen LogP contribution in [-0.4, -0.2) is 60.4 Å². The minimum Gasteiger partial charge on any atom is -0.488 e. The topological polar surface area (TPSA) is 99.1 Å². The molecule has 2 N–H and O–H groups in total. The lowest BCUT2D eigenvalue weighted by Gasteiger charge is -2.28. The summed E-state index contributed by atoms with van der Waals surface area (Å²) in [6.45, 7) is 5.08. The molecule has 2 aromatic carbocycles. The minimum atomic E-state index is 0.101. The monoisotopic (exact) mass is 466 g/mol. The number of benzene rings is 2. The van der Waals surface area contributed by atoms with Crippen molar-refractivity contribution in [3.05, 3.63) is 60.3 Å². The van der Waals surface area contributed by atoms with Gasteiger partial charge in [-0.05, 0) is 61.0 Å². The highest BCUT2D eigenvalue weighted by atomic mass is 16.5. The van der Waals surface area contributed by atoms with Crippen LogP contribution >= 0.6 is 0 Å². The Morgan fingerprint density at radius 2 is 1.89 bits per heavy atom. The van der Waals surface area contributed by atoms with Crippen LogP contribution in [0.5, 0.6) is 5.75 Å². The van der Waals surface area contributed by atoms with Gasteiger partial charge in [-0.15, -0.1) is 0 Å². The fourth-order valence-corrected chi connectivity index (χ4v) is 4.73. The van der Waals surface area contributed by atoms with Crippen LogP contribution in [0.4, 0.5) is 5.69 Å². The second kappa shape index (κ2) is 9.37. The van der Waals surface area contributed by atoms with Gasteiger partial charge in [0.1, 0.15) is 29.3 Å². The first-order valence-corrected chi connectivity index (χ1v) is 12.0. The molecule has 4 aromatic rings. The van der Waals surface area contributed by atoms with Crippen molar-refractivity contribution in [2.45, 2.75) is 12.5 Å². The van der Waals surface area contributed by atoms with E-state index < -0.39 is 0 Å². The Morgan fingerprint density at radius 3 is 2.66 bits per heavy atom. The summed E-state index contributed by atoms with van der Waals surface area (Å²) in [5, 5.41) is 13.0. The second-order valence-electron chi connectivity index (χ2n) is 8.84. The van der Waals surface area contributed by atoms with Crippen molar-refractivity contribution in [2.24, 2.45) is 0 Å². The number of rotatable bonds is 5. The maximum absolute atomic E-state index is 9.76. The highest BCUT2D eigenvalue weighted by Crippen LogP contribution is 2.32. The molecule has 0 radical (unpaired) electrons. The number of nitrogens with one attached hydrogen (secondary N) is 2. The Hall–Kier alpha value is -3.93. The minimum absolute atomic E-state index is 0.101. The normalized spacial score (nSPS) is 18.0. The summed E-state index contributed by atoms with van der Waals surface area (Å²) in [6, 6.07) is 18.4. The lowest BCUT2D eigenvalue weighted by atomic mass is 10.0. The standard InChI is InChI=1S/C27H26N6O2/c28-16-20-15-19(3-6-24(20)35-22-7-9-29-17-22)23-8-10-30-27-25(23)31-26(32-27)18-1-4-21(5-2-18)33-11-13-34-14-12-33/h1-6,8,10,15,22,29H,7,9,11-14,17H2,(H,30,31,32). The molecule has 2 aliphatic heterocycles. The smallest absolute Gasteiger partial charge is 0.158 e. The number of hydrogen-bond donors (Lipinski definition) is 2. The zero-order valence-electron chi connectivity index (χ0n) is 19.3. The van der Waals surface area contributed by atoms with Gasteiger partial charge in [-0.3, -0.25) is 0 Å². The van der Waals surface area contributed by atoms with Gasteiger partial charge in [0.25, 0.3) is 0 Å². The zero-order valence-corrected chi connectivity index (χ0v) is 19.3. The van der Waals surface area contributed by atoms with E-state index in [-0.39, 0.29) is 6.10 Å². The van der Waals surface area contributed by atoms with Crippen LogP contribution in [0, 0.1) is 11.3 Å². The number of ether oxygens (including phenoxy) is 2. The van der Waals surface area contributed by atoms with Gasteiger partial charge >= 0.3 is 0 Å². The fourth-order valence-electron chi connectivity index (χ4n) is 4.73. The Morgan fingerprint density at radius 1 is 1.06 bits per heavy atom. The Bertz CT molecular complexity index is 1380. The molecule has 0 bridgehead atoms. The Balaban J connectivity index is 1.30. The molecule has 2 aliphatic rings. The summed E-state index contributed by atoms with van der Waals surface area (Å²) in [4.78, 5) is 15.1. The highest BCUT2D eigenvalue weighted by Gasteiger charge is 2.19. The molecule has 0 saturated carbocycles. The third kappa shape index (κ3) is 4.32. The van der Waals surface area contributed by atoms with Crippen LogP contribution in [0.15, 0.2) is 54.7 Å². The van der Waals surface area contributed by atoms with Crippen molar-refractivity contribution in [3.8, 4) is 34.3 Å². The second-order valence-corrected chi connectivity index (χ2v) is 8.84. The number of anilines is 1. The van der Waals surface area contributed by atoms with Crippen LogP contribution in [-0.2, 0) is 4.74 Å². The molecule has 2 aromatic heterocycles. The molecule has 0 amide bonds. The van der Waals surface area contributed by atoms with Crippen molar-refractivity contribution in [1.29, 1.82) is 5.26 Å². The van der Waals surface area contributed by atoms with Gasteiger partial charge in [0.2, 0.25) is 0 Å². The van der Waals surface area contributed by atoms with Crippen molar-refractivity contribution in [1.82, 2.24) is 20.3 Å². The summed E-state index contributed by atoms with van der Waals surface area (Å²) in [6.07, 6.45) is 2.81. The molecule has 6 rings (SSSR count). The van der Waals surface area contributed by atoms with Crippen molar-refractivity contribution < 1.29 is 9.47 Å². The van der Waals surface area contributed by atoms with E-state index in [2.05, 4.69) is 50.5 Å².